The molecule has 5 heteroatoms. The van der Waals surface area contributed by atoms with Crippen LogP contribution in [0.3, 0.4) is 0 Å². The van der Waals surface area contributed by atoms with Crippen molar-refractivity contribution in [1.29, 1.82) is 0 Å². The lowest BCUT2D eigenvalue weighted by molar-refractivity contribution is -0.123. The van der Waals surface area contributed by atoms with Crippen LogP contribution in [0.4, 0.5) is 0 Å². The molecule has 1 aromatic rings. The van der Waals surface area contributed by atoms with E-state index in [1.807, 2.05) is 17.5 Å². The number of thioether (sulfide) groups is 1. The van der Waals surface area contributed by atoms with Gasteiger partial charge in [-0.1, -0.05) is 6.07 Å². The van der Waals surface area contributed by atoms with E-state index in [4.69, 9.17) is 0 Å². The third kappa shape index (κ3) is 1.38. The molecule has 0 fully saturated rings. The highest BCUT2D eigenvalue weighted by molar-refractivity contribution is 8.03. The normalized spacial score (nSPS) is 16.4. The number of carbonyl (C=O) groups excluding carboxylic acids is 2. The molecule has 1 aliphatic rings. The van der Waals surface area contributed by atoms with Gasteiger partial charge in [-0.25, -0.2) is 0 Å². The van der Waals surface area contributed by atoms with Gasteiger partial charge in [0.2, 0.25) is 0 Å². The highest BCUT2D eigenvalue weighted by atomic mass is 32.2. The van der Waals surface area contributed by atoms with Gasteiger partial charge in [-0.3, -0.25) is 14.9 Å². The van der Waals surface area contributed by atoms with Gasteiger partial charge in [0.1, 0.15) is 0 Å². The van der Waals surface area contributed by atoms with Gasteiger partial charge in [0, 0.05) is 4.88 Å². The Balaban J connectivity index is 2.54. The Morgan fingerprint density at radius 3 is 2.71 bits per heavy atom. The molecule has 0 saturated heterocycles. The molecule has 1 aliphatic heterocycles. The maximum absolute atomic E-state index is 11.5. The number of nitrogens with one attached hydrogen (secondary N) is 1. The van der Waals surface area contributed by atoms with Crippen molar-refractivity contribution >= 4 is 40.5 Å². The van der Waals surface area contributed by atoms with Crippen molar-refractivity contribution in [2.24, 2.45) is 0 Å². The molecule has 1 N–H and O–H groups in total. The summed E-state index contributed by atoms with van der Waals surface area (Å²) in [6.45, 7) is 0. The van der Waals surface area contributed by atoms with Crippen LogP contribution in [-0.2, 0) is 9.59 Å². The summed E-state index contributed by atoms with van der Waals surface area (Å²) in [5.41, 5.74) is 0.512. The zero-order chi connectivity index (χ0) is 10.1. The van der Waals surface area contributed by atoms with E-state index >= 15 is 0 Å². The van der Waals surface area contributed by atoms with Crippen LogP contribution in [0.25, 0.3) is 5.57 Å². The van der Waals surface area contributed by atoms with Crippen molar-refractivity contribution < 1.29 is 9.59 Å². The van der Waals surface area contributed by atoms with Crippen LogP contribution in [0.1, 0.15) is 4.88 Å². The van der Waals surface area contributed by atoms with E-state index in [9.17, 15) is 9.59 Å². The van der Waals surface area contributed by atoms with E-state index in [2.05, 4.69) is 5.32 Å². The first-order valence-corrected chi connectivity index (χ1v) is 6.02. The summed E-state index contributed by atoms with van der Waals surface area (Å²) in [4.78, 5) is 24.1. The molecule has 14 heavy (non-hydrogen) atoms. The zero-order valence-electron chi connectivity index (χ0n) is 7.37. The number of hydrogen-bond acceptors (Lipinski definition) is 4. The molecule has 0 bridgehead atoms. The average Bonchev–Trinajstić information content (AvgIpc) is 2.72. The first-order chi connectivity index (χ1) is 6.74. The summed E-state index contributed by atoms with van der Waals surface area (Å²) < 4.78 is 0. The molecule has 0 radical (unpaired) electrons. The molecule has 2 amide bonds. The summed E-state index contributed by atoms with van der Waals surface area (Å²) in [6, 6.07) is 3.70. The molecule has 0 atom stereocenters. The van der Waals surface area contributed by atoms with Gasteiger partial charge in [-0.05, 0) is 17.7 Å². The van der Waals surface area contributed by atoms with E-state index in [1.165, 1.54) is 23.1 Å². The summed E-state index contributed by atoms with van der Waals surface area (Å²) in [7, 11) is 0. The molecule has 2 heterocycles. The predicted octanol–water partition coefficient (Wildman–Crippen LogP) is 1.48. The molecule has 0 spiro atoms. The van der Waals surface area contributed by atoms with Gasteiger partial charge >= 0.3 is 0 Å². The quantitative estimate of drug-likeness (QED) is 0.775. The minimum Gasteiger partial charge on any atom is -0.288 e. The molecule has 0 aromatic carbocycles. The van der Waals surface area contributed by atoms with Crippen molar-refractivity contribution in [3.8, 4) is 0 Å². The van der Waals surface area contributed by atoms with Crippen LogP contribution < -0.4 is 5.32 Å². The van der Waals surface area contributed by atoms with E-state index in [-0.39, 0.29) is 11.8 Å². The topological polar surface area (TPSA) is 46.2 Å². The van der Waals surface area contributed by atoms with E-state index in [0.29, 0.717) is 10.5 Å². The fourth-order valence-electron chi connectivity index (χ4n) is 1.28. The van der Waals surface area contributed by atoms with Crippen LogP contribution in [0.5, 0.6) is 0 Å². The van der Waals surface area contributed by atoms with E-state index < -0.39 is 0 Å². The number of amides is 2. The van der Waals surface area contributed by atoms with Crippen molar-refractivity contribution in [3.05, 3.63) is 27.3 Å². The molecule has 3 nitrogen and oxygen atoms in total. The first kappa shape index (κ1) is 9.48. The van der Waals surface area contributed by atoms with Gasteiger partial charge in [-0.15, -0.1) is 23.1 Å². The van der Waals surface area contributed by atoms with Gasteiger partial charge in [0.05, 0.1) is 10.5 Å². The summed E-state index contributed by atoms with van der Waals surface area (Å²) >= 11 is 2.76. The number of hydrogen-bond donors (Lipinski definition) is 1. The van der Waals surface area contributed by atoms with Crippen LogP contribution in [0, 0.1) is 0 Å². The fraction of sp³-hybridized carbons (Fsp3) is 0.111. The Kier molecular flexibility index (Phi) is 2.43. The highest BCUT2D eigenvalue weighted by Gasteiger charge is 2.30. The molecule has 72 valence electrons. The van der Waals surface area contributed by atoms with Crippen LogP contribution in [0.15, 0.2) is 22.4 Å². The smallest absolute Gasteiger partial charge is 0.265 e. The van der Waals surface area contributed by atoms with Crippen molar-refractivity contribution in [1.82, 2.24) is 5.32 Å². The van der Waals surface area contributed by atoms with Crippen molar-refractivity contribution in [2.75, 3.05) is 6.26 Å². The van der Waals surface area contributed by atoms with Gasteiger partial charge in [0.15, 0.2) is 0 Å². The van der Waals surface area contributed by atoms with E-state index in [1.54, 1.807) is 6.26 Å². The predicted molar refractivity (Wildman–Crippen MR) is 57.9 cm³/mol. The zero-order valence-corrected chi connectivity index (χ0v) is 9.00. The van der Waals surface area contributed by atoms with E-state index in [0.717, 1.165) is 4.88 Å². The second kappa shape index (κ2) is 3.59. The van der Waals surface area contributed by atoms with Gasteiger partial charge in [0.25, 0.3) is 11.8 Å². The lowest BCUT2D eigenvalue weighted by Crippen LogP contribution is -2.22. The molecular formula is C9H7NO2S2. The second-order valence-corrected chi connectivity index (χ2v) is 4.43. The molecule has 0 saturated carbocycles. The average molecular weight is 225 g/mol. The Hall–Kier alpha value is -1.07. The fourth-order valence-corrected chi connectivity index (χ4v) is 2.76. The summed E-state index contributed by atoms with van der Waals surface area (Å²) in [5, 5.41) is 4.18. The SMILES string of the molecule is CSC1=C(c2cccs2)C(=O)NC1=O. The highest BCUT2D eigenvalue weighted by Crippen LogP contribution is 2.32. The summed E-state index contributed by atoms with van der Waals surface area (Å²) in [6.07, 6.45) is 1.79. The third-order valence-corrected chi connectivity index (χ3v) is 3.54. The standard InChI is InChI=1S/C9H7NO2S2/c1-13-7-6(5-3-2-4-14-5)8(11)10-9(7)12/h2-4H,1H3,(H,10,11,12). The third-order valence-electron chi connectivity index (χ3n) is 1.86. The molecule has 0 unspecified atom stereocenters. The summed E-state index contributed by atoms with van der Waals surface area (Å²) in [5.74, 6) is -0.576. The lowest BCUT2D eigenvalue weighted by Gasteiger charge is -1.96. The van der Waals surface area contributed by atoms with Crippen LogP contribution >= 0.6 is 23.1 Å². The Labute approximate surface area is 89.2 Å². The Morgan fingerprint density at radius 2 is 2.14 bits per heavy atom. The maximum Gasteiger partial charge on any atom is 0.265 e. The van der Waals surface area contributed by atoms with Crippen molar-refractivity contribution in [2.45, 2.75) is 0 Å². The van der Waals surface area contributed by atoms with Crippen LogP contribution in [-0.4, -0.2) is 18.1 Å². The number of imide groups is 1. The second-order valence-electron chi connectivity index (χ2n) is 2.67. The minimum atomic E-state index is -0.290. The number of carbonyl (C=O) groups is 2. The molecule has 0 aliphatic carbocycles. The van der Waals surface area contributed by atoms with Crippen molar-refractivity contribution in [3.63, 3.8) is 0 Å². The monoisotopic (exact) mass is 225 g/mol. The maximum atomic E-state index is 11.5. The molecule has 2 rings (SSSR count). The van der Waals surface area contributed by atoms with Gasteiger partial charge < -0.3 is 0 Å². The largest absolute Gasteiger partial charge is 0.288 e. The van der Waals surface area contributed by atoms with Crippen LogP contribution in [0.2, 0.25) is 0 Å². The van der Waals surface area contributed by atoms with Gasteiger partial charge in [-0.2, -0.15) is 0 Å². The Bertz CT molecular complexity index is 420. The molecule has 1 aromatic heterocycles. The molecular weight excluding hydrogens is 218 g/mol. The number of thiophene rings is 1. The minimum absolute atomic E-state index is 0.286. The lowest BCUT2D eigenvalue weighted by atomic mass is 10.2. The first-order valence-electron chi connectivity index (χ1n) is 3.92. The Morgan fingerprint density at radius 1 is 1.36 bits per heavy atom. The number of rotatable bonds is 2.